The van der Waals surface area contributed by atoms with Crippen LogP contribution < -0.4 is 4.74 Å². The Morgan fingerprint density at radius 2 is 2.09 bits per heavy atom. The summed E-state index contributed by atoms with van der Waals surface area (Å²) in [7, 11) is 0. The van der Waals surface area contributed by atoms with Gasteiger partial charge in [-0.15, -0.1) is 11.3 Å². The summed E-state index contributed by atoms with van der Waals surface area (Å²) in [6.07, 6.45) is 8.11. The molecule has 5 nitrogen and oxygen atoms in total. The zero-order chi connectivity index (χ0) is 21.9. The topological polar surface area (TPSA) is 55.3 Å². The van der Waals surface area contributed by atoms with Crippen molar-refractivity contribution in [1.29, 1.82) is 0 Å². The fourth-order valence-corrected chi connectivity index (χ4v) is 4.94. The first-order valence-corrected chi connectivity index (χ1v) is 11.2. The second-order valence-corrected chi connectivity index (χ2v) is 8.59. The molecule has 160 valence electrons. The Bertz CT molecular complexity index is 1260. The lowest BCUT2D eigenvalue weighted by Crippen LogP contribution is -2.28. The Kier molecular flexibility index (Phi) is 5.64. The van der Waals surface area contributed by atoms with Crippen LogP contribution in [0, 0.1) is 5.82 Å². The molecule has 1 aliphatic heterocycles. The van der Waals surface area contributed by atoms with Gasteiger partial charge in [0.2, 0.25) is 5.91 Å². The number of para-hydroxylation sites is 1. The fraction of sp³-hybridized carbons (Fsp3) is 0.160. The summed E-state index contributed by atoms with van der Waals surface area (Å²) in [5, 5.41) is 0.966. The quantitative estimate of drug-likeness (QED) is 0.354. The normalized spacial score (nSPS) is 16.2. The van der Waals surface area contributed by atoms with Crippen LogP contribution in [-0.4, -0.2) is 27.3 Å². The Balaban J connectivity index is 1.29. The molecule has 1 unspecified atom stereocenters. The molecule has 0 bridgehead atoms. The van der Waals surface area contributed by atoms with E-state index in [0.717, 1.165) is 28.1 Å². The monoisotopic (exact) mass is 445 g/mol. The van der Waals surface area contributed by atoms with Crippen LogP contribution in [0.3, 0.4) is 0 Å². The summed E-state index contributed by atoms with van der Waals surface area (Å²) in [5.74, 6) is -0.0310. The summed E-state index contributed by atoms with van der Waals surface area (Å²) in [6.45, 7) is 0.690. The summed E-state index contributed by atoms with van der Waals surface area (Å²) in [4.78, 5) is 23.4. The third kappa shape index (κ3) is 4.24. The minimum atomic E-state index is -0.503. The third-order valence-corrected chi connectivity index (χ3v) is 6.51. The smallest absolute Gasteiger partial charge is 0.247 e. The van der Waals surface area contributed by atoms with Gasteiger partial charge in [-0.2, -0.15) is 0 Å². The van der Waals surface area contributed by atoms with Crippen molar-refractivity contribution in [2.75, 3.05) is 6.54 Å². The molecule has 32 heavy (non-hydrogen) atoms. The van der Waals surface area contributed by atoms with Gasteiger partial charge in [-0.05, 0) is 60.9 Å². The molecule has 1 saturated heterocycles. The van der Waals surface area contributed by atoms with E-state index in [1.807, 2.05) is 29.2 Å². The van der Waals surface area contributed by atoms with Gasteiger partial charge in [0.15, 0.2) is 11.6 Å². The minimum Gasteiger partial charge on any atom is -0.453 e. The molecular weight excluding hydrogens is 425 g/mol. The molecule has 1 atom stereocenters. The molecule has 7 heteroatoms. The molecule has 0 aliphatic carbocycles. The molecule has 4 aromatic rings. The average Bonchev–Trinajstić information content (AvgIpc) is 3.47. The van der Waals surface area contributed by atoms with E-state index in [1.165, 1.54) is 18.3 Å². The summed E-state index contributed by atoms with van der Waals surface area (Å²) in [6, 6.07) is 16.0. The number of carbonyl (C=O) groups is 1. The minimum absolute atomic E-state index is 0.0171. The van der Waals surface area contributed by atoms with Gasteiger partial charge >= 0.3 is 0 Å². The predicted octanol–water partition coefficient (Wildman–Crippen LogP) is 6.00. The molecular formula is C25H20FN3O2S. The number of halogens is 1. The summed E-state index contributed by atoms with van der Waals surface area (Å²) in [5.41, 5.74) is 1.55. The van der Waals surface area contributed by atoms with Gasteiger partial charge in [-0.25, -0.2) is 9.37 Å². The van der Waals surface area contributed by atoms with Crippen molar-refractivity contribution in [2.45, 2.75) is 18.9 Å². The highest BCUT2D eigenvalue weighted by atomic mass is 32.1. The molecule has 1 aliphatic rings. The van der Waals surface area contributed by atoms with Gasteiger partial charge in [0, 0.05) is 18.8 Å². The number of amides is 1. The van der Waals surface area contributed by atoms with Crippen LogP contribution in [0.4, 0.5) is 4.39 Å². The predicted molar refractivity (Wildman–Crippen MR) is 123 cm³/mol. The summed E-state index contributed by atoms with van der Waals surface area (Å²) >= 11 is 1.64. The number of rotatable bonds is 5. The first-order chi connectivity index (χ1) is 15.7. The maximum Gasteiger partial charge on any atom is 0.247 e. The van der Waals surface area contributed by atoms with Crippen molar-refractivity contribution in [2.24, 2.45) is 0 Å². The third-order valence-electron chi connectivity index (χ3n) is 5.37. The van der Waals surface area contributed by atoms with Crippen LogP contribution in [0.1, 0.15) is 29.5 Å². The second-order valence-electron chi connectivity index (χ2n) is 7.52. The van der Waals surface area contributed by atoms with Crippen LogP contribution in [0.2, 0.25) is 0 Å². The molecule has 2 aromatic heterocycles. The van der Waals surface area contributed by atoms with Crippen LogP contribution >= 0.6 is 11.3 Å². The second kappa shape index (κ2) is 8.88. The van der Waals surface area contributed by atoms with Crippen molar-refractivity contribution < 1.29 is 13.9 Å². The number of hydrogen-bond donors (Lipinski definition) is 0. The van der Waals surface area contributed by atoms with Gasteiger partial charge in [-0.1, -0.05) is 18.2 Å². The number of pyridine rings is 1. The first kappa shape index (κ1) is 20.3. The first-order valence-electron chi connectivity index (χ1n) is 10.4. The number of hydrogen-bond acceptors (Lipinski definition) is 5. The molecule has 0 radical (unpaired) electrons. The molecule has 2 aromatic carbocycles. The van der Waals surface area contributed by atoms with Crippen molar-refractivity contribution in [3.63, 3.8) is 0 Å². The number of aromatic nitrogens is 2. The molecule has 0 N–H and O–H groups in total. The van der Waals surface area contributed by atoms with E-state index in [4.69, 9.17) is 9.72 Å². The molecule has 0 saturated carbocycles. The van der Waals surface area contributed by atoms with E-state index in [1.54, 1.807) is 47.9 Å². The lowest BCUT2D eigenvalue weighted by Gasteiger charge is -2.21. The number of benzene rings is 2. The summed E-state index contributed by atoms with van der Waals surface area (Å²) < 4.78 is 21.1. The fourth-order valence-electron chi connectivity index (χ4n) is 3.82. The van der Waals surface area contributed by atoms with Crippen LogP contribution in [0.5, 0.6) is 11.5 Å². The highest BCUT2D eigenvalue weighted by Gasteiger charge is 2.31. The van der Waals surface area contributed by atoms with Crippen LogP contribution in [0.25, 0.3) is 16.3 Å². The van der Waals surface area contributed by atoms with E-state index in [-0.39, 0.29) is 17.7 Å². The SMILES string of the molecule is O=C(/C=C/c1ccc(Oc2cccnc2)c(F)c1)N1CCCC1c1nc2ccccc2s1. The Morgan fingerprint density at radius 3 is 2.91 bits per heavy atom. The number of thiazole rings is 1. The molecule has 5 rings (SSSR count). The highest BCUT2D eigenvalue weighted by molar-refractivity contribution is 7.18. The number of fused-ring (bicyclic) bond motifs is 1. The molecule has 1 amide bonds. The Hall–Kier alpha value is -3.58. The Morgan fingerprint density at radius 1 is 1.19 bits per heavy atom. The van der Waals surface area contributed by atoms with Crippen molar-refractivity contribution in [3.05, 3.63) is 89.5 Å². The number of likely N-dealkylation sites (tertiary alicyclic amines) is 1. The molecule has 0 spiro atoms. The lowest BCUT2D eigenvalue weighted by atomic mass is 10.2. The van der Waals surface area contributed by atoms with Gasteiger partial charge in [0.1, 0.15) is 10.8 Å². The zero-order valence-electron chi connectivity index (χ0n) is 17.1. The largest absolute Gasteiger partial charge is 0.453 e. The van der Waals surface area contributed by atoms with Crippen LogP contribution in [0.15, 0.2) is 73.1 Å². The van der Waals surface area contributed by atoms with Crippen LogP contribution in [-0.2, 0) is 4.79 Å². The number of nitrogens with zero attached hydrogens (tertiary/aromatic N) is 3. The average molecular weight is 446 g/mol. The van der Waals surface area contributed by atoms with Crippen molar-refractivity contribution in [3.8, 4) is 11.5 Å². The van der Waals surface area contributed by atoms with Gasteiger partial charge < -0.3 is 9.64 Å². The van der Waals surface area contributed by atoms with Crippen molar-refractivity contribution >= 4 is 33.5 Å². The maximum absolute atomic E-state index is 14.5. The van der Waals surface area contributed by atoms with Gasteiger partial charge in [0.25, 0.3) is 0 Å². The van der Waals surface area contributed by atoms with E-state index in [0.29, 0.717) is 17.9 Å². The number of ether oxygens (including phenoxy) is 1. The van der Waals surface area contributed by atoms with Gasteiger partial charge in [-0.3, -0.25) is 9.78 Å². The van der Waals surface area contributed by atoms with E-state index < -0.39 is 5.82 Å². The lowest BCUT2D eigenvalue weighted by molar-refractivity contribution is -0.126. The maximum atomic E-state index is 14.5. The van der Waals surface area contributed by atoms with E-state index in [9.17, 15) is 9.18 Å². The van der Waals surface area contributed by atoms with Gasteiger partial charge in [0.05, 0.1) is 22.5 Å². The number of carbonyl (C=O) groups excluding carboxylic acids is 1. The standard InChI is InChI=1S/C25H20FN3O2S/c26-19-15-17(9-11-22(19)31-18-5-3-13-27-16-18)10-12-24(30)29-14-4-7-21(29)25-28-20-6-1-2-8-23(20)32-25/h1-3,5-6,8-13,15-16,21H,4,7,14H2/b12-10+. The molecule has 1 fully saturated rings. The zero-order valence-corrected chi connectivity index (χ0v) is 18.0. The Labute approximate surface area is 188 Å². The van der Waals surface area contributed by atoms with E-state index in [2.05, 4.69) is 4.98 Å². The highest BCUT2D eigenvalue weighted by Crippen LogP contribution is 2.36. The molecule has 3 heterocycles. The van der Waals surface area contributed by atoms with E-state index >= 15 is 0 Å². The van der Waals surface area contributed by atoms with Crippen molar-refractivity contribution in [1.82, 2.24) is 14.9 Å².